The van der Waals surface area contributed by atoms with Gasteiger partial charge < -0.3 is 20.3 Å². The minimum atomic E-state index is -4.28. The highest BCUT2D eigenvalue weighted by molar-refractivity contribution is 7.91. The molecule has 2 aliphatic carbocycles. The van der Waals surface area contributed by atoms with Gasteiger partial charge in [0.2, 0.25) is 21.8 Å². The molecule has 4 aliphatic rings. The smallest absolute Gasteiger partial charge is 0.408 e. The maximum absolute atomic E-state index is 13.9. The number of rotatable bonds is 5. The van der Waals surface area contributed by atoms with Gasteiger partial charge in [-0.05, 0) is 84.0 Å². The molecule has 42 heavy (non-hydrogen) atoms. The fourth-order valence-electron chi connectivity index (χ4n) is 6.11. The third-order valence-electron chi connectivity index (χ3n) is 8.93. The number of nitrogens with one attached hydrogen (secondary N) is 3. The third-order valence-corrected chi connectivity index (χ3v) is 11.0. The van der Waals surface area contributed by atoms with Crippen molar-refractivity contribution in [1.82, 2.24) is 20.3 Å². The van der Waals surface area contributed by atoms with Crippen molar-refractivity contribution >= 4 is 33.8 Å². The lowest BCUT2D eigenvalue weighted by Gasteiger charge is -2.33. The normalized spacial score (nSPS) is 33.3. The Balaban J connectivity index is 1.60. The van der Waals surface area contributed by atoms with Crippen molar-refractivity contribution in [1.29, 1.82) is 0 Å². The molecule has 3 N–H and O–H groups in total. The van der Waals surface area contributed by atoms with Gasteiger partial charge in [-0.3, -0.25) is 19.1 Å². The van der Waals surface area contributed by atoms with E-state index in [4.69, 9.17) is 4.74 Å². The van der Waals surface area contributed by atoms with Crippen LogP contribution in [0.15, 0.2) is 12.2 Å². The Labute approximate surface area is 247 Å². The number of allylic oxidation sites excluding steroid dienone is 1. The molecule has 0 aromatic carbocycles. The molecule has 4 rings (SSSR count). The lowest BCUT2D eigenvalue weighted by atomic mass is 9.88. The van der Waals surface area contributed by atoms with Crippen LogP contribution in [0, 0.1) is 17.8 Å². The summed E-state index contributed by atoms with van der Waals surface area (Å²) in [6, 6.07) is -1.83. The largest absolute Gasteiger partial charge is 0.444 e. The minimum absolute atomic E-state index is 0.128. The Morgan fingerprint density at radius 2 is 1.88 bits per heavy atom. The molecule has 4 amide bonds. The van der Waals surface area contributed by atoms with E-state index in [1.807, 2.05) is 19.1 Å². The van der Waals surface area contributed by atoms with Crippen molar-refractivity contribution in [2.75, 3.05) is 13.2 Å². The van der Waals surface area contributed by atoms with Crippen molar-refractivity contribution in [3.05, 3.63) is 12.2 Å². The topological polar surface area (TPSA) is 151 Å². The van der Waals surface area contributed by atoms with Crippen LogP contribution >= 0.6 is 0 Å². The van der Waals surface area contributed by atoms with Crippen LogP contribution in [0.2, 0.25) is 0 Å². The number of sulfonamides is 1. The van der Waals surface area contributed by atoms with Crippen molar-refractivity contribution in [2.45, 2.75) is 114 Å². The first kappa shape index (κ1) is 32.2. The molecule has 2 aliphatic heterocycles. The van der Waals surface area contributed by atoms with E-state index in [0.717, 1.165) is 6.42 Å². The Kier molecular flexibility index (Phi) is 9.02. The summed E-state index contributed by atoms with van der Waals surface area (Å²) in [5.41, 5.74) is -2.28. The first-order valence-corrected chi connectivity index (χ1v) is 16.4. The van der Waals surface area contributed by atoms with Crippen molar-refractivity contribution in [3.8, 4) is 0 Å². The van der Waals surface area contributed by atoms with Crippen molar-refractivity contribution < 1.29 is 36.7 Å². The summed E-state index contributed by atoms with van der Waals surface area (Å²) in [7, 11) is -4.28. The van der Waals surface area contributed by atoms with Gasteiger partial charge in [-0.25, -0.2) is 17.6 Å². The Morgan fingerprint density at radius 1 is 1.19 bits per heavy atom. The summed E-state index contributed by atoms with van der Waals surface area (Å²) in [6.45, 7) is 8.36. The quantitative estimate of drug-likeness (QED) is 0.404. The standard InChI is InChI=1S/C29H45FN4O7S/c1-18-9-6-7-10-20-16-29(20,25(37)33-42(39,40)28(17-30)12-13-28)32-23(35)21-11-8-14-34(21)24(36)22(19(2)15-18)31-26(38)41-27(3,4)5/h7,10,18-22H,6,8-9,11-17H2,1-5H3,(H,31,38)(H,32,35)(H,33,37). The number of hydrogen-bond donors (Lipinski definition) is 3. The van der Waals surface area contributed by atoms with E-state index in [1.54, 1.807) is 20.8 Å². The van der Waals surface area contributed by atoms with Crippen LogP contribution in [-0.4, -0.2) is 78.3 Å². The lowest BCUT2D eigenvalue weighted by molar-refractivity contribution is -0.142. The number of hydrogen-bond acceptors (Lipinski definition) is 7. The van der Waals surface area contributed by atoms with Crippen LogP contribution in [0.1, 0.15) is 86.0 Å². The Hall–Kier alpha value is -2.70. The summed E-state index contributed by atoms with van der Waals surface area (Å²) in [4.78, 5) is 55.2. The number of fused-ring (bicyclic) bond motifs is 2. The molecule has 6 atom stereocenters. The SMILES string of the molecule is CC1CCC=CC2CC2(C(=O)NS(=O)(=O)C2(CF)CC2)NC(=O)C2CCCN2C(=O)C(NC(=O)OC(C)(C)C)C(C)C1. The molecule has 0 spiro atoms. The zero-order valence-electron chi connectivity index (χ0n) is 25.2. The van der Waals surface area contributed by atoms with Crippen LogP contribution in [0.3, 0.4) is 0 Å². The molecule has 1 saturated heterocycles. The third kappa shape index (κ3) is 6.75. The summed E-state index contributed by atoms with van der Waals surface area (Å²) >= 11 is 0. The summed E-state index contributed by atoms with van der Waals surface area (Å²) in [6.07, 6.45) is 6.48. The summed E-state index contributed by atoms with van der Waals surface area (Å²) in [5, 5.41) is 5.53. The molecule has 0 bridgehead atoms. The molecule has 11 nitrogen and oxygen atoms in total. The number of carbonyl (C=O) groups is 4. The summed E-state index contributed by atoms with van der Waals surface area (Å²) in [5.74, 6) is -2.35. The van der Waals surface area contributed by atoms with E-state index in [9.17, 15) is 32.0 Å². The van der Waals surface area contributed by atoms with Crippen molar-refractivity contribution in [3.63, 3.8) is 0 Å². The molecule has 3 fully saturated rings. The zero-order valence-corrected chi connectivity index (χ0v) is 26.0. The number of alkyl carbamates (subject to hydrolysis) is 1. The first-order chi connectivity index (χ1) is 19.5. The van der Waals surface area contributed by atoms with Gasteiger partial charge in [-0.15, -0.1) is 0 Å². The molecule has 6 unspecified atom stereocenters. The van der Waals surface area contributed by atoms with Gasteiger partial charge in [-0.2, -0.15) is 0 Å². The molecule has 236 valence electrons. The number of halogens is 1. The second kappa shape index (κ2) is 11.8. The molecule has 2 saturated carbocycles. The first-order valence-electron chi connectivity index (χ1n) is 15.0. The lowest BCUT2D eigenvalue weighted by Crippen LogP contribution is -2.59. The molecule has 2 heterocycles. The fourth-order valence-corrected chi connectivity index (χ4v) is 7.54. The van der Waals surface area contributed by atoms with Gasteiger partial charge in [0.1, 0.15) is 34.6 Å². The van der Waals surface area contributed by atoms with E-state index in [-0.39, 0.29) is 31.1 Å². The minimum Gasteiger partial charge on any atom is -0.444 e. The molecular weight excluding hydrogens is 567 g/mol. The molecule has 0 aromatic heterocycles. The van der Waals surface area contributed by atoms with E-state index >= 15 is 0 Å². The molecular formula is C29H45FN4O7S. The number of ether oxygens (including phenoxy) is 1. The highest BCUT2D eigenvalue weighted by Crippen LogP contribution is 2.48. The van der Waals surface area contributed by atoms with Crippen LogP contribution in [0.5, 0.6) is 0 Å². The predicted octanol–water partition coefficient (Wildman–Crippen LogP) is 2.71. The highest BCUT2D eigenvalue weighted by Gasteiger charge is 2.63. The van der Waals surface area contributed by atoms with E-state index < -0.39 is 74.4 Å². The van der Waals surface area contributed by atoms with Gasteiger partial charge in [0.15, 0.2) is 0 Å². The maximum Gasteiger partial charge on any atom is 0.408 e. The monoisotopic (exact) mass is 612 g/mol. The van der Waals surface area contributed by atoms with Gasteiger partial charge in [0, 0.05) is 12.5 Å². The van der Waals surface area contributed by atoms with Crippen LogP contribution in [0.25, 0.3) is 0 Å². The fraction of sp³-hybridized carbons (Fsp3) is 0.793. The van der Waals surface area contributed by atoms with E-state index in [0.29, 0.717) is 32.2 Å². The van der Waals surface area contributed by atoms with Gasteiger partial charge in [0.05, 0.1) is 0 Å². The number of carbonyl (C=O) groups excluding carboxylic acids is 4. The average Bonchev–Trinajstić information content (AvgIpc) is 3.77. The van der Waals surface area contributed by atoms with Crippen LogP contribution in [-0.2, 0) is 29.1 Å². The Morgan fingerprint density at radius 3 is 2.50 bits per heavy atom. The average molecular weight is 613 g/mol. The van der Waals surface area contributed by atoms with Gasteiger partial charge >= 0.3 is 6.09 Å². The summed E-state index contributed by atoms with van der Waals surface area (Å²) < 4.78 is 45.1. The predicted molar refractivity (Wildman–Crippen MR) is 153 cm³/mol. The highest BCUT2D eigenvalue weighted by atomic mass is 32.2. The van der Waals surface area contributed by atoms with Gasteiger partial charge in [-0.1, -0.05) is 26.0 Å². The molecule has 13 heteroatoms. The number of nitrogens with zero attached hydrogens (tertiary/aromatic N) is 1. The second-order valence-corrected chi connectivity index (χ2v) is 15.7. The molecule has 0 aromatic rings. The van der Waals surface area contributed by atoms with Crippen LogP contribution in [0.4, 0.5) is 9.18 Å². The van der Waals surface area contributed by atoms with Crippen molar-refractivity contribution in [2.24, 2.45) is 17.8 Å². The van der Waals surface area contributed by atoms with Gasteiger partial charge in [0.25, 0.3) is 5.91 Å². The number of alkyl halides is 1. The number of amides is 4. The van der Waals surface area contributed by atoms with E-state index in [2.05, 4.69) is 22.3 Å². The zero-order chi connectivity index (χ0) is 31.1. The maximum atomic E-state index is 13.9. The second-order valence-electron chi connectivity index (χ2n) is 13.7. The Bertz CT molecular complexity index is 1230. The molecule has 0 radical (unpaired) electrons. The van der Waals surface area contributed by atoms with Crippen LogP contribution < -0.4 is 15.4 Å². The van der Waals surface area contributed by atoms with E-state index in [1.165, 1.54) is 4.90 Å².